The fourth-order valence-corrected chi connectivity index (χ4v) is 2.84. The Balaban J connectivity index is 2.22. The maximum atomic E-state index is 3.76. The van der Waals surface area contributed by atoms with Crippen molar-refractivity contribution >= 4 is 5.69 Å². The van der Waals surface area contributed by atoms with Crippen LogP contribution in [0.5, 0.6) is 0 Å². The van der Waals surface area contributed by atoms with Crippen LogP contribution in [0.15, 0.2) is 18.2 Å². The van der Waals surface area contributed by atoms with Gasteiger partial charge in [0.2, 0.25) is 0 Å². The number of anilines is 1. The average molecular weight is 245 g/mol. The van der Waals surface area contributed by atoms with E-state index in [1.807, 2.05) is 0 Å². The molecule has 0 spiro atoms. The summed E-state index contributed by atoms with van der Waals surface area (Å²) in [4.78, 5) is 0. The summed E-state index contributed by atoms with van der Waals surface area (Å²) in [5.41, 5.74) is 4.30. The van der Waals surface area contributed by atoms with Crippen LogP contribution in [0.3, 0.4) is 0 Å². The molecule has 18 heavy (non-hydrogen) atoms. The summed E-state index contributed by atoms with van der Waals surface area (Å²) in [7, 11) is 0. The van der Waals surface area contributed by atoms with Gasteiger partial charge >= 0.3 is 0 Å². The molecule has 0 bridgehead atoms. The van der Waals surface area contributed by atoms with Crippen LogP contribution >= 0.6 is 0 Å². The van der Waals surface area contributed by atoms with Gasteiger partial charge in [-0.2, -0.15) is 0 Å². The Morgan fingerprint density at radius 2 is 1.67 bits per heavy atom. The summed E-state index contributed by atoms with van der Waals surface area (Å²) in [6.45, 7) is 9.12. The van der Waals surface area contributed by atoms with Gasteiger partial charge in [0.15, 0.2) is 0 Å². The van der Waals surface area contributed by atoms with Gasteiger partial charge in [-0.15, -0.1) is 0 Å². The lowest BCUT2D eigenvalue weighted by molar-refractivity contribution is 0.748. The van der Waals surface area contributed by atoms with Crippen LogP contribution < -0.4 is 5.32 Å². The molecule has 0 unspecified atom stereocenters. The maximum Gasteiger partial charge on any atom is 0.0377 e. The van der Waals surface area contributed by atoms with Gasteiger partial charge in [-0.3, -0.25) is 0 Å². The van der Waals surface area contributed by atoms with E-state index in [1.165, 1.54) is 42.5 Å². The van der Waals surface area contributed by atoms with Gasteiger partial charge in [0.05, 0.1) is 0 Å². The third kappa shape index (κ3) is 3.07. The first-order valence-corrected chi connectivity index (χ1v) is 7.48. The minimum atomic E-state index is 0.590. The lowest BCUT2D eigenvalue weighted by Gasteiger charge is -2.21. The van der Waals surface area contributed by atoms with Gasteiger partial charge < -0.3 is 5.32 Å². The highest BCUT2D eigenvalue weighted by Gasteiger charge is 2.17. The van der Waals surface area contributed by atoms with E-state index in [1.54, 1.807) is 0 Å². The molecule has 1 aromatic carbocycles. The topological polar surface area (TPSA) is 12.0 Å². The van der Waals surface area contributed by atoms with Crippen molar-refractivity contribution in [3.8, 4) is 0 Å². The molecule has 0 radical (unpaired) electrons. The van der Waals surface area contributed by atoms with Gasteiger partial charge in [-0.1, -0.05) is 52.7 Å². The number of hydrogen-bond acceptors (Lipinski definition) is 1. The van der Waals surface area contributed by atoms with Crippen molar-refractivity contribution in [1.29, 1.82) is 0 Å². The monoisotopic (exact) mass is 245 g/mol. The Morgan fingerprint density at radius 3 is 2.22 bits per heavy atom. The quantitative estimate of drug-likeness (QED) is 0.760. The molecule has 0 aliphatic heterocycles. The lowest BCUT2D eigenvalue weighted by Crippen LogP contribution is -2.16. The van der Waals surface area contributed by atoms with Crippen LogP contribution in [0.2, 0.25) is 0 Å². The number of nitrogens with one attached hydrogen (secondary N) is 1. The highest BCUT2D eigenvalue weighted by Crippen LogP contribution is 2.31. The second-order valence-electron chi connectivity index (χ2n) is 6.28. The number of benzene rings is 1. The molecular formula is C17H27N. The molecular weight excluding hydrogens is 218 g/mol. The molecule has 0 atom stereocenters. The first kappa shape index (κ1) is 13.5. The third-order valence-corrected chi connectivity index (χ3v) is 4.08. The van der Waals surface area contributed by atoms with Crippen molar-refractivity contribution in [3.63, 3.8) is 0 Å². The molecule has 2 rings (SSSR count). The Labute approximate surface area is 112 Å². The smallest absolute Gasteiger partial charge is 0.0377 e. The molecule has 1 aromatic rings. The van der Waals surface area contributed by atoms with Crippen LogP contribution in [0, 0.1) is 0 Å². The van der Waals surface area contributed by atoms with Crippen molar-refractivity contribution in [2.75, 3.05) is 5.32 Å². The van der Waals surface area contributed by atoms with Crippen molar-refractivity contribution in [2.24, 2.45) is 0 Å². The fourth-order valence-electron chi connectivity index (χ4n) is 2.84. The van der Waals surface area contributed by atoms with Gasteiger partial charge in [-0.05, 0) is 41.9 Å². The molecule has 1 aliphatic carbocycles. The zero-order valence-electron chi connectivity index (χ0n) is 12.3. The van der Waals surface area contributed by atoms with Gasteiger partial charge in [0.1, 0.15) is 0 Å². The Morgan fingerprint density at radius 1 is 1.00 bits per heavy atom. The summed E-state index contributed by atoms with van der Waals surface area (Å²) in [5, 5.41) is 3.76. The first-order chi connectivity index (χ1) is 8.58. The van der Waals surface area contributed by atoms with Crippen molar-refractivity contribution in [1.82, 2.24) is 0 Å². The molecule has 0 amide bonds. The molecule has 1 N–H and O–H groups in total. The van der Waals surface area contributed by atoms with Crippen molar-refractivity contribution in [2.45, 2.75) is 71.3 Å². The Hall–Kier alpha value is -0.980. The van der Waals surface area contributed by atoms with Crippen LogP contribution in [0.25, 0.3) is 0 Å². The molecule has 1 aliphatic rings. The lowest BCUT2D eigenvalue weighted by atomic mass is 9.94. The zero-order valence-corrected chi connectivity index (χ0v) is 12.3. The van der Waals surface area contributed by atoms with Crippen LogP contribution in [-0.2, 0) is 0 Å². The molecule has 0 saturated heterocycles. The van der Waals surface area contributed by atoms with Gasteiger partial charge in [-0.25, -0.2) is 0 Å². The van der Waals surface area contributed by atoms with Crippen LogP contribution in [0.4, 0.5) is 5.69 Å². The summed E-state index contributed by atoms with van der Waals surface area (Å²) >= 11 is 0. The Kier molecular flexibility index (Phi) is 4.31. The SMILES string of the molecule is CC(C)c1ccc(NC2CCCC2)c(C(C)C)c1. The van der Waals surface area contributed by atoms with E-state index < -0.39 is 0 Å². The standard InChI is InChI=1S/C17H27N/c1-12(2)14-9-10-17(16(11-14)13(3)4)18-15-7-5-6-8-15/h9-13,15,18H,5-8H2,1-4H3. The number of hydrogen-bond donors (Lipinski definition) is 1. The minimum absolute atomic E-state index is 0.590. The van der Waals surface area contributed by atoms with Crippen molar-refractivity contribution in [3.05, 3.63) is 29.3 Å². The highest BCUT2D eigenvalue weighted by molar-refractivity contribution is 5.55. The number of rotatable bonds is 4. The molecule has 100 valence electrons. The van der Waals surface area contributed by atoms with E-state index >= 15 is 0 Å². The van der Waals surface area contributed by atoms with Gasteiger partial charge in [0, 0.05) is 11.7 Å². The predicted molar refractivity (Wildman–Crippen MR) is 80.5 cm³/mol. The van der Waals surface area contributed by atoms with E-state index in [2.05, 4.69) is 51.2 Å². The van der Waals surface area contributed by atoms with Crippen LogP contribution in [0.1, 0.15) is 76.3 Å². The molecule has 1 nitrogen and oxygen atoms in total. The second kappa shape index (κ2) is 5.77. The molecule has 1 heteroatoms. The summed E-state index contributed by atoms with van der Waals surface area (Å²) in [5.74, 6) is 1.20. The Bertz CT molecular complexity index is 387. The largest absolute Gasteiger partial charge is 0.382 e. The maximum absolute atomic E-state index is 3.76. The molecule has 1 saturated carbocycles. The van der Waals surface area contributed by atoms with E-state index in [0.717, 1.165) is 0 Å². The summed E-state index contributed by atoms with van der Waals surface area (Å²) in [6, 6.07) is 7.68. The van der Waals surface area contributed by atoms with E-state index in [-0.39, 0.29) is 0 Å². The second-order valence-corrected chi connectivity index (χ2v) is 6.28. The zero-order chi connectivity index (χ0) is 13.1. The van der Waals surface area contributed by atoms with Crippen LogP contribution in [-0.4, -0.2) is 6.04 Å². The van der Waals surface area contributed by atoms with E-state index in [0.29, 0.717) is 17.9 Å². The predicted octanol–water partition coefficient (Wildman–Crippen LogP) is 5.29. The third-order valence-electron chi connectivity index (χ3n) is 4.08. The summed E-state index contributed by atoms with van der Waals surface area (Å²) in [6.07, 6.45) is 5.45. The van der Waals surface area contributed by atoms with Gasteiger partial charge in [0.25, 0.3) is 0 Å². The molecule has 1 fully saturated rings. The van der Waals surface area contributed by atoms with Crippen molar-refractivity contribution < 1.29 is 0 Å². The minimum Gasteiger partial charge on any atom is -0.382 e. The van der Waals surface area contributed by atoms with E-state index in [9.17, 15) is 0 Å². The summed E-state index contributed by atoms with van der Waals surface area (Å²) < 4.78 is 0. The first-order valence-electron chi connectivity index (χ1n) is 7.48. The normalized spacial score (nSPS) is 16.8. The fraction of sp³-hybridized carbons (Fsp3) is 0.647. The van der Waals surface area contributed by atoms with E-state index in [4.69, 9.17) is 0 Å². The molecule has 0 aromatic heterocycles. The molecule has 0 heterocycles. The average Bonchev–Trinajstić information content (AvgIpc) is 2.81. The highest BCUT2D eigenvalue weighted by atomic mass is 14.9.